The Kier molecular flexibility index (Phi) is 5.98. The lowest BCUT2D eigenvalue weighted by Gasteiger charge is -2.17. The summed E-state index contributed by atoms with van der Waals surface area (Å²) in [7, 11) is 0. The number of halogens is 1. The lowest BCUT2D eigenvalue weighted by atomic mass is 10.3. The monoisotopic (exact) mass is 235 g/mol. The molecule has 4 heteroatoms. The number of carbonyl (C=O) groups excluding carboxylic acids is 2. The first-order valence-corrected chi connectivity index (χ1v) is 5.07. The molecule has 0 N–H and O–H groups in total. The molecule has 0 heterocycles. The number of carbonyl (C=O) groups is 2. The van der Waals surface area contributed by atoms with Gasteiger partial charge in [0.1, 0.15) is 5.78 Å². The van der Waals surface area contributed by atoms with Crippen molar-refractivity contribution < 1.29 is 9.59 Å². The van der Waals surface area contributed by atoms with Crippen LogP contribution in [0.25, 0.3) is 0 Å². The second-order valence-electron chi connectivity index (χ2n) is 2.52. The van der Waals surface area contributed by atoms with E-state index in [-0.39, 0.29) is 11.7 Å². The zero-order chi connectivity index (χ0) is 9.56. The highest BCUT2D eigenvalue weighted by molar-refractivity contribution is 9.09. The van der Waals surface area contributed by atoms with Crippen molar-refractivity contribution in [2.45, 2.75) is 20.3 Å². The summed E-state index contributed by atoms with van der Waals surface area (Å²) in [5.41, 5.74) is 0. The van der Waals surface area contributed by atoms with Crippen LogP contribution in [0.15, 0.2) is 0 Å². The van der Waals surface area contributed by atoms with Gasteiger partial charge in [-0.25, -0.2) is 0 Å². The summed E-state index contributed by atoms with van der Waals surface area (Å²) in [6, 6.07) is 0. The van der Waals surface area contributed by atoms with Gasteiger partial charge in [-0.3, -0.25) is 9.59 Å². The fourth-order valence-electron chi connectivity index (χ4n) is 0.865. The maximum atomic E-state index is 10.9. The Morgan fingerprint density at radius 3 is 2.33 bits per heavy atom. The highest BCUT2D eigenvalue weighted by atomic mass is 79.9. The molecule has 0 rings (SSSR count). The molecule has 0 aliphatic carbocycles. The molecule has 0 aliphatic heterocycles. The average Bonchev–Trinajstić information content (AvgIpc) is 2.04. The molecule has 0 fully saturated rings. The van der Waals surface area contributed by atoms with E-state index < -0.39 is 0 Å². The Morgan fingerprint density at radius 1 is 1.42 bits per heavy atom. The van der Waals surface area contributed by atoms with Crippen LogP contribution in [0.3, 0.4) is 0 Å². The van der Waals surface area contributed by atoms with Crippen LogP contribution in [0.2, 0.25) is 0 Å². The zero-order valence-corrected chi connectivity index (χ0v) is 9.06. The number of amides is 1. The predicted octanol–water partition coefficient (Wildman–Crippen LogP) is 1.21. The second kappa shape index (κ2) is 6.17. The van der Waals surface area contributed by atoms with E-state index in [1.54, 1.807) is 4.90 Å². The van der Waals surface area contributed by atoms with Gasteiger partial charge in [0, 0.05) is 26.4 Å². The third kappa shape index (κ3) is 4.49. The quantitative estimate of drug-likeness (QED) is 0.673. The summed E-state index contributed by atoms with van der Waals surface area (Å²) in [5, 5.41) is 0.377. The largest absolute Gasteiger partial charge is 0.343 e. The standard InChI is InChI=1S/C8H14BrNO2/c1-3-10(7(2)11)5-4-8(12)6-9/h3-6H2,1-2H3. The van der Waals surface area contributed by atoms with Crippen molar-refractivity contribution in [1.29, 1.82) is 0 Å². The molecule has 0 saturated carbocycles. The topological polar surface area (TPSA) is 37.4 Å². The molecule has 0 unspecified atom stereocenters. The van der Waals surface area contributed by atoms with E-state index >= 15 is 0 Å². The lowest BCUT2D eigenvalue weighted by molar-refractivity contribution is -0.129. The zero-order valence-electron chi connectivity index (χ0n) is 7.47. The molecule has 1 amide bonds. The number of ketones is 1. The van der Waals surface area contributed by atoms with Crippen LogP contribution >= 0.6 is 15.9 Å². The number of nitrogens with zero attached hydrogens (tertiary/aromatic N) is 1. The summed E-state index contributed by atoms with van der Waals surface area (Å²) in [6.45, 7) is 4.63. The van der Waals surface area contributed by atoms with Gasteiger partial charge in [0.2, 0.25) is 5.91 Å². The van der Waals surface area contributed by atoms with Crippen LogP contribution in [0.4, 0.5) is 0 Å². The molecule has 0 aromatic rings. The number of rotatable bonds is 5. The third-order valence-electron chi connectivity index (χ3n) is 1.64. The number of Topliss-reactive ketones (excluding diaryl/α,β-unsaturated/α-hetero) is 1. The smallest absolute Gasteiger partial charge is 0.219 e. The molecule has 0 saturated heterocycles. The van der Waals surface area contributed by atoms with E-state index in [4.69, 9.17) is 0 Å². The SMILES string of the molecule is CCN(CCC(=O)CBr)C(C)=O. The van der Waals surface area contributed by atoms with Crippen molar-refractivity contribution >= 4 is 27.6 Å². The van der Waals surface area contributed by atoms with Gasteiger partial charge in [0.05, 0.1) is 5.33 Å². The van der Waals surface area contributed by atoms with Gasteiger partial charge in [0.25, 0.3) is 0 Å². The second-order valence-corrected chi connectivity index (χ2v) is 3.08. The van der Waals surface area contributed by atoms with Crippen LogP contribution in [-0.4, -0.2) is 35.0 Å². The van der Waals surface area contributed by atoms with Crippen molar-refractivity contribution in [1.82, 2.24) is 4.90 Å². The molecule has 0 aromatic heterocycles. The molecule has 0 aromatic carbocycles. The van der Waals surface area contributed by atoms with Gasteiger partial charge in [-0.2, -0.15) is 0 Å². The molecule has 12 heavy (non-hydrogen) atoms. The van der Waals surface area contributed by atoms with Crippen molar-refractivity contribution in [2.75, 3.05) is 18.4 Å². The average molecular weight is 236 g/mol. The van der Waals surface area contributed by atoms with E-state index in [0.29, 0.717) is 24.8 Å². The molecule has 0 spiro atoms. The van der Waals surface area contributed by atoms with Gasteiger partial charge in [-0.05, 0) is 6.92 Å². The fourth-order valence-corrected chi connectivity index (χ4v) is 1.15. The maximum absolute atomic E-state index is 10.9. The molecular weight excluding hydrogens is 222 g/mol. The summed E-state index contributed by atoms with van der Waals surface area (Å²) in [5.74, 6) is 0.162. The lowest BCUT2D eigenvalue weighted by Crippen LogP contribution is -2.30. The third-order valence-corrected chi connectivity index (χ3v) is 2.26. The Labute approximate surface area is 81.2 Å². The number of alkyl halides is 1. The molecule has 0 aliphatic rings. The maximum Gasteiger partial charge on any atom is 0.219 e. The molecule has 3 nitrogen and oxygen atoms in total. The number of hydrogen-bond donors (Lipinski definition) is 0. The van der Waals surface area contributed by atoms with Crippen molar-refractivity contribution in [2.24, 2.45) is 0 Å². The first-order valence-electron chi connectivity index (χ1n) is 3.95. The first-order chi connectivity index (χ1) is 5.61. The molecular formula is C8H14BrNO2. The van der Waals surface area contributed by atoms with E-state index in [1.165, 1.54) is 6.92 Å². The molecule has 70 valence electrons. The Hall–Kier alpha value is -0.380. The minimum absolute atomic E-state index is 0.0277. The predicted molar refractivity (Wildman–Crippen MR) is 51.3 cm³/mol. The van der Waals surface area contributed by atoms with Crippen LogP contribution < -0.4 is 0 Å². The van der Waals surface area contributed by atoms with E-state index in [2.05, 4.69) is 15.9 Å². The van der Waals surface area contributed by atoms with Crippen molar-refractivity contribution in [3.8, 4) is 0 Å². The van der Waals surface area contributed by atoms with Crippen molar-refractivity contribution in [3.63, 3.8) is 0 Å². The van der Waals surface area contributed by atoms with Gasteiger partial charge in [0.15, 0.2) is 0 Å². The molecule has 0 atom stereocenters. The highest BCUT2D eigenvalue weighted by Crippen LogP contribution is 1.95. The fraction of sp³-hybridized carbons (Fsp3) is 0.750. The molecule has 0 bridgehead atoms. The minimum atomic E-state index is 0.0277. The van der Waals surface area contributed by atoms with E-state index in [9.17, 15) is 9.59 Å². The minimum Gasteiger partial charge on any atom is -0.343 e. The summed E-state index contributed by atoms with van der Waals surface area (Å²) in [6.07, 6.45) is 0.443. The van der Waals surface area contributed by atoms with Crippen LogP contribution in [0.1, 0.15) is 20.3 Å². The molecule has 0 radical (unpaired) electrons. The Morgan fingerprint density at radius 2 is 2.00 bits per heavy atom. The Bertz CT molecular complexity index is 170. The van der Waals surface area contributed by atoms with Gasteiger partial charge >= 0.3 is 0 Å². The van der Waals surface area contributed by atoms with Gasteiger partial charge in [-0.15, -0.1) is 0 Å². The number of hydrogen-bond acceptors (Lipinski definition) is 2. The van der Waals surface area contributed by atoms with Crippen molar-refractivity contribution in [3.05, 3.63) is 0 Å². The van der Waals surface area contributed by atoms with Gasteiger partial charge in [-0.1, -0.05) is 15.9 Å². The van der Waals surface area contributed by atoms with Crippen LogP contribution in [0, 0.1) is 0 Å². The first kappa shape index (κ1) is 11.6. The van der Waals surface area contributed by atoms with Crippen LogP contribution in [-0.2, 0) is 9.59 Å². The normalized spacial score (nSPS) is 9.58. The highest BCUT2D eigenvalue weighted by Gasteiger charge is 2.07. The van der Waals surface area contributed by atoms with E-state index in [1.807, 2.05) is 6.92 Å². The van der Waals surface area contributed by atoms with E-state index in [0.717, 1.165) is 0 Å². The van der Waals surface area contributed by atoms with Crippen LogP contribution in [0.5, 0.6) is 0 Å². The summed E-state index contributed by atoms with van der Waals surface area (Å²) < 4.78 is 0. The summed E-state index contributed by atoms with van der Waals surface area (Å²) in [4.78, 5) is 23.4. The summed E-state index contributed by atoms with van der Waals surface area (Å²) >= 11 is 3.07. The van der Waals surface area contributed by atoms with Gasteiger partial charge < -0.3 is 4.90 Å². The Balaban J connectivity index is 3.73.